The number of carbonyl (C=O) groups excluding carboxylic acids is 1. The van der Waals surface area contributed by atoms with Crippen molar-refractivity contribution in [1.82, 2.24) is 9.97 Å². The number of aryl methyl sites for hydroxylation is 1. The number of thioether (sulfide) groups is 1. The number of amides is 1. The Morgan fingerprint density at radius 2 is 2.04 bits per heavy atom. The number of H-pyrrole nitrogens is 1. The van der Waals surface area contributed by atoms with Crippen LogP contribution in [0.1, 0.15) is 31.0 Å². The lowest BCUT2D eigenvalue weighted by Gasteiger charge is -2.13. The van der Waals surface area contributed by atoms with E-state index >= 15 is 0 Å². The van der Waals surface area contributed by atoms with Crippen LogP contribution in [0.5, 0.6) is 0 Å². The van der Waals surface area contributed by atoms with Gasteiger partial charge in [-0.3, -0.25) is 9.59 Å². The van der Waals surface area contributed by atoms with Crippen molar-refractivity contribution >= 4 is 23.4 Å². The summed E-state index contributed by atoms with van der Waals surface area (Å²) in [5.41, 5.74) is -0.910. The van der Waals surface area contributed by atoms with Gasteiger partial charge in [-0.15, -0.1) is 0 Å². The first-order chi connectivity index (χ1) is 12.3. The van der Waals surface area contributed by atoms with Gasteiger partial charge in [0.25, 0.3) is 5.56 Å². The molecule has 26 heavy (non-hydrogen) atoms. The Morgan fingerprint density at radius 3 is 2.73 bits per heavy atom. The average Bonchev–Trinajstić information content (AvgIpc) is 2.57. The highest BCUT2D eigenvalue weighted by atomic mass is 32.2. The molecule has 0 aliphatic carbocycles. The molecule has 1 aromatic heterocycles. The molecule has 1 amide bonds. The average molecular weight is 385 g/mol. The molecule has 0 unspecified atom stereocenters. The Hall–Kier alpha value is -2.29. The standard InChI is InChI=1S/C17H18F3N3O2S/c1-2-3-6-11-9-14(24)23-16(21-11)26-10-15(25)22-13-8-5-4-7-12(13)17(18,19)20/h4-5,7-9H,2-3,6,10H2,1H3,(H,22,25)(H,21,23,24). The minimum Gasteiger partial charge on any atom is -0.325 e. The van der Waals surface area contributed by atoms with Gasteiger partial charge in [0.15, 0.2) is 5.16 Å². The summed E-state index contributed by atoms with van der Waals surface area (Å²) in [5, 5.41) is 2.52. The monoisotopic (exact) mass is 385 g/mol. The number of unbranched alkanes of at least 4 members (excludes halogenated alkanes) is 1. The Bertz CT molecular complexity index is 821. The SMILES string of the molecule is CCCCc1cc(=O)[nH]c(SCC(=O)Nc2ccccc2C(F)(F)F)n1. The van der Waals surface area contributed by atoms with Gasteiger partial charge in [-0.05, 0) is 25.0 Å². The molecule has 0 saturated heterocycles. The van der Waals surface area contributed by atoms with Crippen LogP contribution in [0, 0.1) is 0 Å². The molecule has 0 radical (unpaired) electrons. The number of hydrogen-bond donors (Lipinski definition) is 2. The fourth-order valence-electron chi connectivity index (χ4n) is 2.20. The lowest BCUT2D eigenvalue weighted by atomic mass is 10.1. The van der Waals surface area contributed by atoms with Crippen molar-refractivity contribution in [2.24, 2.45) is 0 Å². The maximum Gasteiger partial charge on any atom is 0.418 e. The third-order valence-electron chi connectivity index (χ3n) is 3.41. The molecule has 2 N–H and O–H groups in total. The number of hydrogen-bond acceptors (Lipinski definition) is 4. The zero-order valence-electron chi connectivity index (χ0n) is 14.0. The van der Waals surface area contributed by atoms with E-state index < -0.39 is 17.6 Å². The van der Waals surface area contributed by atoms with Crippen LogP contribution < -0.4 is 10.9 Å². The molecular weight excluding hydrogens is 367 g/mol. The van der Waals surface area contributed by atoms with E-state index in [-0.39, 0.29) is 22.2 Å². The van der Waals surface area contributed by atoms with Gasteiger partial charge in [-0.1, -0.05) is 37.2 Å². The van der Waals surface area contributed by atoms with E-state index in [0.29, 0.717) is 12.1 Å². The summed E-state index contributed by atoms with van der Waals surface area (Å²) in [5.74, 6) is -0.792. The van der Waals surface area contributed by atoms with Gasteiger partial charge in [0, 0.05) is 11.8 Å². The zero-order valence-corrected chi connectivity index (χ0v) is 14.8. The molecule has 0 aliphatic heterocycles. The minimum absolute atomic E-state index is 0.174. The van der Waals surface area contributed by atoms with Crippen LogP contribution in [-0.2, 0) is 17.4 Å². The topological polar surface area (TPSA) is 74.8 Å². The number of halogens is 3. The summed E-state index contributed by atoms with van der Waals surface area (Å²) in [6.45, 7) is 2.02. The molecule has 0 aliphatic rings. The number of aromatic nitrogens is 2. The first-order valence-corrected chi connectivity index (χ1v) is 8.97. The molecule has 0 atom stereocenters. The molecular formula is C17H18F3N3O2S. The minimum atomic E-state index is -4.56. The second-order valence-electron chi connectivity index (χ2n) is 5.53. The van der Waals surface area contributed by atoms with E-state index in [1.807, 2.05) is 6.92 Å². The highest BCUT2D eigenvalue weighted by molar-refractivity contribution is 7.99. The summed E-state index contributed by atoms with van der Waals surface area (Å²) < 4.78 is 38.8. The maximum atomic E-state index is 12.9. The van der Waals surface area contributed by atoms with E-state index in [4.69, 9.17) is 0 Å². The van der Waals surface area contributed by atoms with Crippen LogP contribution in [0.3, 0.4) is 0 Å². The number of aromatic amines is 1. The molecule has 9 heteroatoms. The predicted molar refractivity (Wildman–Crippen MR) is 94.3 cm³/mol. The van der Waals surface area contributed by atoms with Gasteiger partial charge in [0.05, 0.1) is 17.0 Å². The molecule has 0 fully saturated rings. The van der Waals surface area contributed by atoms with E-state index in [2.05, 4.69) is 15.3 Å². The molecule has 1 heterocycles. The molecule has 1 aromatic carbocycles. The molecule has 0 saturated carbocycles. The maximum absolute atomic E-state index is 12.9. The first kappa shape index (κ1) is 20.0. The molecule has 0 spiro atoms. The van der Waals surface area contributed by atoms with Crippen LogP contribution in [-0.4, -0.2) is 21.6 Å². The van der Waals surface area contributed by atoms with Crippen molar-refractivity contribution in [2.75, 3.05) is 11.1 Å². The lowest BCUT2D eigenvalue weighted by molar-refractivity contribution is -0.137. The van der Waals surface area contributed by atoms with Crippen LogP contribution in [0.2, 0.25) is 0 Å². The zero-order chi connectivity index (χ0) is 19.2. The number of rotatable bonds is 7. The van der Waals surface area contributed by atoms with E-state index in [1.54, 1.807) is 0 Å². The Kier molecular flexibility index (Phi) is 6.84. The normalized spacial score (nSPS) is 11.4. The van der Waals surface area contributed by atoms with Crippen LogP contribution in [0.25, 0.3) is 0 Å². The van der Waals surface area contributed by atoms with Crippen LogP contribution in [0.4, 0.5) is 18.9 Å². The summed E-state index contributed by atoms with van der Waals surface area (Å²) in [4.78, 5) is 30.4. The summed E-state index contributed by atoms with van der Waals surface area (Å²) in [7, 11) is 0. The second-order valence-corrected chi connectivity index (χ2v) is 6.49. The first-order valence-electron chi connectivity index (χ1n) is 7.98. The molecule has 2 aromatic rings. The largest absolute Gasteiger partial charge is 0.418 e. The summed E-state index contributed by atoms with van der Waals surface area (Å²) in [6, 6.07) is 6.16. The van der Waals surface area contributed by atoms with Crippen molar-refractivity contribution in [3.05, 3.63) is 51.9 Å². The van der Waals surface area contributed by atoms with E-state index in [1.165, 1.54) is 24.3 Å². The molecule has 5 nitrogen and oxygen atoms in total. The van der Waals surface area contributed by atoms with Crippen molar-refractivity contribution in [3.63, 3.8) is 0 Å². The van der Waals surface area contributed by atoms with Crippen molar-refractivity contribution < 1.29 is 18.0 Å². The smallest absolute Gasteiger partial charge is 0.325 e. The lowest BCUT2D eigenvalue weighted by Crippen LogP contribution is -2.18. The van der Waals surface area contributed by atoms with Gasteiger partial charge in [-0.25, -0.2) is 4.98 Å². The quantitative estimate of drug-likeness (QED) is 0.561. The second kappa shape index (κ2) is 8.88. The molecule has 140 valence electrons. The van der Waals surface area contributed by atoms with E-state index in [0.717, 1.165) is 30.7 Å². The number of para-hydroxylation sites is 1. The fraction of sp³-hybridized carbons (Fsp3) is 0.353. The van der Waals surface area contributed by atoms with Crippen LogP contribution in [0.15, 0.2) is 40.3 Å². The highest BCUT2D eigenvalue weighted by Gasteiger charge is 2.33. The third kappa shape index (κ3) is 5.91. The van der Waals surface area contributed by atoms with E-state index in [9.17, 15) is 22.8 Å². The number of nitrogens with one attached hydrogen (secondary N) is 2. The Balaban J connectivity index is 2.02. The highest BCUT2D eigenvalue weighted by Crippen LogP contribution is 2.34. The van der Waals surface area contributed by atoms with Gasteiger partial charge in [-0.2, -0.15) is 13.2 Å². The number of carbonyl (C=O) groups is 1. The van der Waals surface area contributed by atoms with Crippen molar-refractivity contribution in [2.45, 2.75) is 37.5 Å². The fourth-order valence-corrected chi connectivity index (χ4v) is 2.89. The van der Waals surface area contributed by atoms with Gasteiger partial charge < -0.3 is 10.3 Å². The van der Waals surface area contributed by atoms with Gasteiger partial charge in [0.2, 0.25) is 5.91 Å². The third-order valence-corrected chi connectivity index (χ3v) is 4.28. The van der Waals surface area contributed by atoms with Gasteiger partial charge >= 0.3 is 6.18 Å². The molecule has 0 bridgehead atoms. The number of anilines is 1. The number of alkyl halides is 3. The van der Waals surface area contributed by atoms with Crippen molar-refractivity contribution in [3.8, 4) is 0 Å². The van der Waals surface area contributed by atoms with Gasteiger partial charge in [0.1, 0.15) is 0 Å². The van der Waals surface area contributed by atoms with Crippen molar-refractivity contribution in [1.29, 1.82) is 0 Å². The number of benzene rings is 1. The Morgan fingerprint density at radius 1 is 1.31 bits per heavy atom. The Labute approximate surface area is 152 Å². The predicted octanol–water partition coefficient (Wildman–Crippen LogP) is 3.86. The summed E-state index contributed by atoms with van der Waals surface area (Å²) >= 11 is 0.963. The number of nitrogens with zero attached hydrogens (tertiary/aromatic N) is 1. The summed E-state index contributed by atoms with van der Waals surface area (Å²) in [6.07, 6.45) is -2.07. The molecule has 2 rings (SSSR count). The van der Waals surface area contributed by atoms with Crippen LogP contribution >= 0.6 is 11.8 Å².